The van der Waals surface area contributed by atoms with Crippen molar-refractivity contribution < 1.29 is 63.3 Å². The smallest absolute Gasteiger partial charge is 0.305 e. The highest BCUT2D eigenvalue weighted by Crippen LogP contribution is 2.27. The number of esters is 4. The molecule has 0 aromatic carbocycles. The molecule has 0 spiro atoms. The van der Waals surface area contributed by atoms with Gasteiger partial charge in [-0.15, -0.1) is 0 Å². The molecule has 0 rings (SSSR count). The Labute approximate surface area is 586 Å². The van der Waals surface area contributed by atoms with Crippen molar-refractivity contribution >= 4 is 23.9 Å². The van der Waals surface area contributed by atoms with Gasteiger partial charge in [0.15, 0.2) is 0 Å². The van der Waals surface area contributed by atoms with E-state index in [1.165, 1.54) is 154 Å². The lowest BCUT2D eigenvalue weighted by Gasteiger charge is -2.34. The van der Waals surface area contributed by atoms with Gasteiger partial charge in [0.25, 0.3) is 0 Å². The van der Waals surface area contributed by atoms with Crippen molar-refractivity contribution in [1.29, 1.82) is 0 Å². The van der Waals surface area contributed by atoms with Crippen LogP contribution in [0.5, 0.6) is 0 Å². The number of rotatable bonds is 76. The van der Waals surface area contributed by atoms with Gasteiger partial charge in [-0.3, -0.25) is 19.2 Å². The fraction of sp³-hybridized carbons (Fsp3) is 0.951. The maximum absolute atomic E-state index is 13.3. The minimum Gasteiger partial charge on any atom is -0.465 e. The summed E-state index contributed by atoms with van der Waals surface area (Å²) < 4.78 is 29.7. The molecule has 0 aliphatic rings. The Morgan fingerprint density at radius 2 is 0.442 bits per heavy atom. The quantitative estimate of drug-likeness (QED) is 0.0255. The molecule has 4 N–H and O–H groups in total. The van der Waals surface area contributed by atoms with Gasteiger partial charge in [-0.25, -0.2) is 0 Å². The molecule has 0 amide bonds. The molecule has 0 heterocycles. The molecule has 0 saturated heterocycles. The van der Waals surface area contributed by atoms with Crippen molar-refractivity contribution in [3.8, 4) is 0 Å². The fourth-order valence-electron chi connectivity index (χ4n) is 12.7. The summed E-state index contributed by atoms with van der Waals surface area (Å²) in [6.45, 7) is 11.1. The number of hydrogen-bond acceptors (Lipinski definition) is 13. The Bertz CT molecular complexity index is 1560. The van der Waals surface area contributed by atoms with Crippen molar-refractivity contribution in [2.45, 2.75) is 426 Å². The molecule has 13 heteroatoms. The largest absolute Gasteiger partial charge is 0.465 e. The third-order valence-electron chi connectivity index (χ3n) is 19.6. The van der Waals surface area contributed by atoms with Crippen LogP contribution in [-0.4, -0.2) is 109 Å². The molecule has 0 aliphatic carbocycles. The highest BCUT2D eigenvalue weighted by molar-refractivity contribution is 5.70. The molecule has 0 aliphatic heterocycles. The van der Waals surface area contributed by atoms with Crippen molar-refractivity contribution in [2.24, 2.45) is 22.7 Å². The first-order valence-electron chi connectivity index (χ1n) is 40.9. The normalized spacial score (nSPS) is 13.7. The van der Waals surface area contributed by atoms with E-state index >= 15 is 0 Å². The Morgan fingerprint density at radius 3 is 0.632 bits per heavy atom. The van der Waals surface area contributed by atoms with E-state index in [0.717, 1.165) is 179 Å². The van der Waals surface area contributed by atoms with Crippen molar-refractivity contribution in [3.05, 3.63) is 0 Å². The van der Waals surface area contributed by atoms with Crippen LogP contribution in [0.25, 0.3) is 0 Å². The summed E-state index contributed by atoms with van der Waals surface area (Å²) in [5.41, 5.74) is -2.66. The van der Waals surface area contributed by atoms with Crippen LogP contribution in [0.1, 0.15) is 414 Å². The monoisotopic (exact) mass is 1350 g/mol. The van der Waals surface area contributed by atoms with Crippen molar-refractivity contribution in [2.75, 3.05) is 52.9 Å². The van der Waals surface area contributed by atoms with Crippen LogP contribution in [-0.2, 0) is 42.9 Å². The molecule has 4 atom stereocenters. The fourth-order valence-corrected chi connectivity index (χ4v) is 12.7. The molecule has 0 aromatic rings. The van der Waals surface area contributed by atoms with E-state index in [4.69, 9.17) is 23.7 Å². The summed E-state index contributed by atoms with van der Waals surface area (Å²) in [7, 11) is 0. The number of carbonyl (C=O) groups excluding carboxylic acids is 4. The third kappa shape index (κ3) is 63.6. The lowest BCUT2D eigenvalue weighted by molar-refractivity contribution is -0.168. The molecular formula is C82H158O13. The first-order chi connectivity index (χ1) is 46.1. The maximum atomic E-state index is 13.3. The predicted octanol–water partition coefficient (Wildman–Crippen LogP) is 21.8. The second-order valence-electron chi connectivity index (χ2n) is 30.5. The van der Waals surface area contributed by atoms with E-state index in [1.54, 1.807) is 0 Å². The minimum absolute atomic E-state index is 0.182. The SMILES string of the molecule is CCCCCCC(O)CCCCCCCCCCC(=O)OCC(CO)(COCC(CO)(COC(=O)CCCCCCCCCCCCCCC(C)C)COC(=O)CCCCCCCCCCC(O)CCCCCC)COC(=O)CCCCCCCCCCCCCCC(C)C. The topological polar surface area (TPSA) is 195 Å². The standard InChI is InChI=1S/C82H158O13/c1-7-9-11-47-57-75(85)59-49-39-31-25-27-35-43-53-63-79(89)94-71-81(65-83,69-92-77(87)61-51-41-33-23-19-15-13-17-21-29-37-45-55-73(3)4)67-91-68-82(66-84,70-93-78(88)62-52-42-34-24-20-16-14-18-22-30-38-46-56-74(5)6)72-95-80(90)64-54-44-36-28-26-32-40-50-60-76(86)58-48-12-10-8-2/h73-76,83-86H,7-72H2,1-6H3. The zero-order valence-electron chi connectivity index (χ0n) is 63.4. The summed E-state index contributed by atoms with van der Waals surface area (Å²) >= 11 is 0. The summed E-state index contributed by atoms with van der Waals surface area (Å²) in [5.74, 6) is -0.0283. The second-order valence-corrected chi connectivity index (χ2v) is 30.5. The highest BCUT2D eigenvalue weighted by atomic mass is 16.6. The highest BCUT2D eigenvalue weighted by Gasteiger charge is 2.38. The summed E-state index contributed by atoms with van der Waals surface area (Å²) in [6, 6.07) is 0. The Balaban J connectivity index is 5.67. The first-order valence-corrected chi connectivity index (χ1v) is 40.9. The van der Waals surface area contributed by atoms with E-state index in [9.17, 15) is 39.6 Å². The van der Waals surface area contributed by atoms with Gasteiger partial charge in [0.2, 0.25) is 0 Å². The van der Waals surface area contributed by atoms with Crippen LogP contribution >= 0.6 is 0 Å². The first kappa shape index (κ1) is 92.7. The third-order valence-corrected chi connectivity index (χ3v) is 19.6. The number of hydrogen-bond donors (Lipinski definition) is 4. The van der Waals surface area contributed by atoms with E-state index in [-0.39, 0.29) is 77.5 Å². The number of aliphatic hydroxyl groups excluding tert-OH is 4. The number of unbranched alkanes of at least 4 members (excludes halogenated alkanes) is 42. The van der Waals surface area contributed by atoms with E-state index in [1.807, 2.05) is 0 Å². The summed E-state index contributed by atoms with van der Waals surface area (Å²) in [4.78, 5) is 53.2. The van der Waals surface area contributed by atoms with Gasteiger partial charge in [0, 0.05) is 25.7 Å². The lowest BCUT2D eigenvalue weighted by atomic mass is 9.90. The van der Waals surface area contributed by atoms with Gasteiger partial charge in [0.05, 0.1) is 49.5 Å². The van der Waals surface area contributed by atoms with Crippen molar-refractivity contribution in [1.82, 2.24) is 0 Å². The molecule has 0 aromatic heterocycles. The van der Waals surface area contributed by atoms with Crippen LogP contribution in [0.15, 0.2) is 0 Å². The number of ether oxygens (including phenoxy) is 5. The van der Waals surface area contributed by atoms with Crippen molar-refractivity contribution in [3.63, 3.8) is 0 Å². The zero-order chi connectivity index (χ0) is 69.8. The molecular weight excluding hydrogens is 1190 g/mol. The van der Waals surface area contributed by atoms with E-state index in [0.29, 0.717) is 25.7 Å². The van der Waals surface area contributed by atoms with Crippen LogP contribution in [0.2, 0.25) is 0 Å². The molecule has 0 saturated carbocycles. The van der Waals surface area contributed by atoms with Gasteiger partial charge >= 0.3 is 23.9 Å². The van der Waals surface area contributed by atoms with Crippen LogP contribution in [0.3, 0.4) is 0 Å². The molecule has 95 heavy (non-hydrogen) atoms. The average Bonchev–Trinajstić information content (AvgIpc) is 0.918. The Morgan fingerprint density at radius 1 is 0.263 bits per heavy atom. The van der Waals surface area contributed by atoms with Gasteiger partial charge in [-0.2, -0.15) is 0 Å². The lowest BCUT2D eigenvalue weighted by Crippen LogP contribution is -2.46. The number of aliphatic hydroxyl groups is 4. The average molecular weight is 1350 g/mol. The summed E-state index contributed by atoms with van der Waals surface area (Å²) in [6.07, 6.45) is 60.9. The molecule has 4 unspecified atom stereocenters. The van der Waals surface area contributed by atoms with Crippen LogP contribution in [0, 0.1) is 22.7 Å². The van der Waals surface area contributed by atoms with Gasteiger partial charge < -0.3 is 44.1 Å². The van der Waals surface area contributed by atoms with Gasteiger partial charge in [0.1, 0.15) is 26.4 Å². The molecule has 564 valence electrons. The Hall–Kier alpha value is -2.32. The Kier molecular flexibility index (Phi) is 67.1. The molecule has 0 radical (unpaired) electrons. The van der Waals surface area contributed by atoms with Gasteiger partial charge in [-0.05, 0) is 63.2 Å². The predicted molar refractivity (Wildman–Crippen MR) is 395 cm³/mol. The zero-order valence-corrected chi connectivity index (χ0v) is 63.4. The second kappa shape index (κ2) is 68.8. The minimum atomic E-state index is -1.33. The van der Waals surface area contributed by atoms with E-state index in [2.05, 4.69) is 41.5 Å². The van der Waals surface area contributed by atoms with Crippen LogP contribution in [0.4, 0.5) is 0 Å². The van der Waals surface area contributed by atoms with Gasteiger partial charge in [-0.1, -0.05) is 337 Å². The van der Waals surface area contributed by atoms with E-state index < -0.39 is 47.9 Å². The summed E-state index contributed by atoms with van der Waals surface area (Å²) in [5, 5.41) is 42.8. The number of carbonyl (C=O) groups is 4. The molecule has 0 fully saturated rings. The maximum Gasteiger partial charge on any atom is 0.305 e. The van der Waals surface area contributed by atoms with Crippen LogP contribution < -0.4 is 0 Å². The molecule has 0 bridgehead atoms. The molecule has 13 nitrogen and oxygen atoms in total.